The molecular formula is C22H27N3O5S. The van der Waals surface area contributed by atoms with E-state index in [4.69, 9.17) is 4.74 Å². The maximum absolute atomic E-state index is 13.3. The Morgan fingerprint density at radius 3 is 2.26 bits per heavy atom. The van der Waals surface area contributed by atoms with Crippen LogP contribution in [-0.2, 0) is 20.2 Å². The molecule has 1 aliphatic rings. The summed E-state index contributed by atoms with van der Waals surface area (Å²) < 4.78 is 34.0. The molecule has 1 atom stereocenters. The summed E-state index contributed by atoms with van der Waals surface area (Å²) in [7, 11) is -2.81. The minimum absolute atomic E-state index is 0.213. The molecule has 1 saturated heterocycles. The van der Waals surface area contributed by atoms with Gasteiger partial charge in [-0.1, -0.05) is 42.5 Å². The molecule has 0 radical (unpaired) electrons. The molecule has 2 amide bonds. The highest BCUT2D eigenvalue weighted by Gasteiger charge is 2.49. The van der Waals surface area contributed by atoms with Gasteiger partial charge in [0.15, 0.2) is 5.37 Å². The van der Waals surface area contributed by atoms with Crippen LogP contribution in [0.3, 0.4) is 0 Å². The predicted octanol–water partition coefficient (Wildman–Crippen LogP) is 1.54. The van der Waals surface area contributed by atoms with E-state index in [1.807, 2.05) is 30.3 Å². The van der Waals surface area contributed by atoms with Crippen molar-refractivity contribution in [3.8, 4) is 5.75 Å². The number of amides is 2. The van der Waals surface area contributed by atoms with Crippen molar-refractivity contribution in [3.63, 3.8) is 0 Å². The van der Waals surface area contributed by atoms with Gasteiger partial charge in [0.2, 0.25) is 5.91 Å². The second-order valence-corrected chi connectivity index (χ2v) is 9.29. The van der Waals surface area contributed by atoms with E-state index in [2.05, 4.69) is 15.4 Å². The number of hydrogen-bond acceptors (Lipinski definition) is 6. The standard InChI is InChI=1S/C22H27N3O5S/c1-16(26)25-31(28,29)21(24-20(27)18-10-6-7-11-19(18)30-2)22(12-14-23-15-13-22)17-8-4-3-5-9-17/h3-11,21,23H,12-15H2,1-2H3,(H,24,27)(H,25,26). The van der Waals surface area contributed by atoms with Crippen molar-refractivity contribution >= 4 is 21.8 Å². The zero-order valence-electron chi connectivity index (χ0n) is 17.6. The van der Waals surface area contributed by atoms with Gasteiger partial charge in [-0.15, -0.1) is 0 Å². The molecule has 3 rings (SSSR count). The third kappa shape index (κ3) is 4.88. The fourth-order valence-electron chi connectivity index (χ4n) is 4.15. The predicted molar refractivity (Wildman–Crippen MR) is 117 cm³/mol. The van der Waals surface area contributed by atoms with Crippen LogP contribution in [0.4, 0.5) is 0 Å². The molecule has 0 bridgehead atoms. The van der Waals surface area contributed by atoms with Crippen LogP contribution >= 0.6 is 0 Å². The topological polar surface area (TPSA) is 114 Å². The first-order valence-corrected chi connectivity index (χ1v) is 11.6. The number of para-hydroxylation sites is 1. The molecule has 1 fully saturated rings. The van der Waals surface area contributed by atoms with Crippen molar-refractivity contribution in [2.75, 3.05) is 20.2 Å². The van der Waals surface area contributed by atoms with E-state index in [1.54, 1.807) is 24.3 Å². The Morgan fingerprint density at radius 2 is 1.65 bits per heavy atom. The Balaban J connectivity index is 2.11. The van der Waals surface area contributed by atoms with Crippen LogP contribution in [0.1, 0.15) is 35.7 Å². The number of rotatable bonds is 7. The lowest BCUT2D eigenvalue weighted by molar-refractivity contribution is -0.117. The average Bonchev–Trinajstić information content (AvgIpc) is 2.77. The molecule has 31 heavy (non-hydrogen) atoms. The maximum Gasteiger partial charge on any atom is 0.256 e. The van der Waals surface area contributed by atoms with Gasteiger partial charge in [0, 0.05) is 12.3 Å². The van der Waals surface area contributed by atoms with Crippen LogP contribution in [0, 0.1) is 0 Å². The van der Waals surface area contributed by atoms with E-state index in [-0.39, 0.29) is 5.56 Å². The number of sulfonamides is 1. The first-order valence-electron chi connectivity index (χ1n) is 10.0. The van der Waals surface area contributed by atoms with Gasteiger partial charge in [0.05, 0.1) is 12.7 Å². The van der Waals surface area contributed by atoms with Crippen molar-refractivity contribution in [2.45, 2.75) is 30.6 Å². The molecule has 1 aliphatic heterocycles. The van der Waals surface area contributed by atoms with Gasteiger partial charge in [0.1, 0.15) is 5.75 Å². The molecule has 1 unspecified atom stereocenters. The third-order valence-corrected chi connectivity index (χ3v) is 7.32. The maximum atomic E-state index is 13.3. The molecule has 1 heterocycles. The van der Waals surface area contributed by atoms with Crippen molar-refractivity contribution in [2.24, 2.45) is 0 Å². The molecule has 166 valence electrons. The minimum atomic E-state index is -4.25. The van der Waals surface area contributed by atoms with Crippen molar-refractivity contribution in [3.05, 3.63) is 65.7 Å². The molecular weight excluding hydrogens is 418 g/mol. The van der Waals surface area contributed by atoms with Gasteiger partial charge < -0.3 is 15.4 Å². The fourth-order valence-corrected chi connectivity index (χ4v) is 5.89. The lowest BCUT2D eigenvalue weighted by Gasteiger charge is -2.43. The molecule has 3 N–H and O–H groups in total. The lowest BCUT2D eigenvalue weighted by atomic mass is 9.72. The first kappa shape index (κ1) is 22.8. The van der Waals surface area contributed by atoms with Crippen molar-refractivity contribution in [1.29, 1.82) is 0 Å². The number of benzene rings is 2. The van der Waals surface area contributed by atoms with Crippen molar-refractivity contribution in [1.82, 2.24) is 15.4 Å². The van der Waals surface area contributed by atoms with E-state index in [0.717, 1.165) is 12.5 Å². The number of ether oxygens (including phenoxy) is 1. The number of piperidine rings is 1. The van der Waals surface area contributed by atoms with Gasteiger partial charge in [-0.25, -0.2) is 8.42 Å². The highest BCUT2D eigenvalue weighted by atomic mass is 32.2. The van der Waals surface area contributed by atoms with Crippen LogP contribution in [0.5, 0.6) is 5.75 Å². The molecule has 0 aromatic heterocycles. The van der Waals surface area contributed by atoms with E-state index in [1.165, 1.54) is 7.11 Å². The monoisotopic (exact) mass is 445 g/mol. The van der Waals surface area contributed by atoms with Crippen LogP contribution in [-0.4, -0.2) is 45.8 Å². The Hall–Kier alpha value is -2.91. The van der Waals surface area contributed by atoms with Gasteiger partial charge in [-0.05, 0) is 43.6 Å². The lowest BCUT2D eigenvalue weighted by Crippen LogP contribution is -2.61. The first-order chi connectivity index (χ1) is 14.8. The summed E-state index contributed by atoms with van der Waals surface area (Å²) in [6.07, 6.45) is 0.930. The molecule has 9 heteroatoms. The van der Waals surface area contributed by atoms with Crippen LogP contribution in [0.2, 0.25) is 0 Å². The van der Waals surface area contributed by atoms with E-state index in [0.29, 0.717) is 31.7 Å². The zero-order chi connectivity index (χ0) is 22.5. The van der Waals surface area contributed by atoms with Gasteiger partial charge in [-0.2, -0.15) is 0 Å². The summed E-state index contributed by atoms with van der Waals surface area (Å²) in [5.74, 6) is -0.978. The van der Waals surface area contributed by atoms with E-state index >= 15 is 0 Å². The fraction of sp³-hybridized carbons (Fsp3) is 0.364. The Labute approximate surface area is 182 Å². The Morgan fingerprint density at radius 1 is 1.03 bits per heavy atom. The Kier molecular flexibility index (Phi) is 6.97. The van der Waals surface area contributed by atoms with E-state index < -0.39 is 32.6 Å². The number of carbonyl (C=O) groups is 2. The highest BCUT2D eigenvalue weighted by molar-refractivity contribution is 7.90. The summed E-state index contributed by atoms with van der Waals surface area (Å²) in [6, 6.07) is 15.8. The van der Waals surface area contributed by atoms with E-state index in [9.17, 15) is 18.0 Å². The van der Waals surface area contributed by atoms with Gasteiger partial charge in [-0.3, -0.25) is 14.3 Å². The number of carbonyl (C=O) groups excluding carboxylic acids is 2. The Bertz CT molecular complexity index is 1030. The SMILES string of the molecule is COc1ccccc1C(=O)NC(C1(c2ccccc2)CCNCC1)S(=O)(=O)NC(C)=O. The number of methoxy groups -OCH3 is 1. The second kappa shape index (κ2) is 9.49. The largest absolute Gasteiger partial charge is 0.496 e. The van der Waals surface area contributed by atoms with Crippen LogP contribution in [0.25, 0.3) is 0 Å². The summed E-state index contributed by atoms with van der Waals surface area (Å²) >= 11 is 0. The summed E-state index contributed by atoms with van der Waals surface area (Å²) in [4.78, 5) is 24.9. The zero-order valence-corrected chi connectivity index (χ0v) is 18.4. The third-order valence-electron chi connectivity index (χ3n) is 5.56. The highest BCUT2D eigenvalue weighted by Crippen LogP contribution is 2.39. The molecule has 0 saturated carbocycles. The summed E-state index contributed by atoms with van der Waals surface area (Å²) in [6.45, 7) is 2.28. The summed E-state index contributed by atoms with van der Waals surface area (Å²) in [5.41, 5.74) is 0.0757. The smallest absolute Gasteiger partial charge is 0.256 e. The molecule has 0 aliphatic carbocycles. The van der Waals surface area contributed by atoms with Crippen LogP contribution < -0.4 is 20.1 Å². The molecule has 2 aromatic rings. The van der Waals surface area contributed by atoms with Crippen LogP contribution in [0.15, 0.2) is 54.6 Å². The quantitative estimate of drug-likeness (QED) is 0.596. The molecule has 8 nitrogen and oxygen atoms in total. The molecule has 2 aromatic carbocycles. The molecule has 0 spiro atoms. The van der Waals surface area contributed by atoms with Gasteiger partial charge >= 0.3 is 0 Å². The number of nitrogens with one attached hydrogen (secondary N) is 3. The summed E-state index contributed by atoms with van der Waals surface area (Å²) in [5, 5.41) is 4.59. The minimum Gasteiger partial charge on any atom is -0.496 e. The average molecular weight is 446 g/mol. The second-order valence-electron chi connectivity index (χ2n) is 7.53. The number of hydrogen-bond donors (Lipinski definition) is 3. The normalized spacial score (nSPS) is 16.7. The van der Waals surface area contributed by atoms with Crippen molar-refractivity contribution < 1.29 is 22.7 Å². The van der Waals surface area contributed by atoms with Gasteiger partial charge in [0.25, 0.3) is 15.9 Å².